The second-order valence-corrected chi connectivity index (χ2v) is 9.50. The number of anilines is 1. The van der Waals surface area contributed by atoms with Crippen LogP contribution in [0.2, 0.25) is 0 Å². The number of primary amides is 1. The summed E-state index contributed by atoms with van der Waals surface area (Å²) in [7, 11) is 8.36. The lowest BCUT2D eigenvalue weighted by molar-refractivity contribution is -0.148. The first-order chi connectivity index (χ1) is 15.9. The van der Waals surface area contributed by atoms with Crippen LogP contribution < -0.4 is 15.4 Å². The molecule has 0 heterocycles. The quantitative estimate of drug-likeness (QED) is 0.459. The lowest BCUT2D eigenvalue weighted by atomic mass is 9.58. The van der Waals surface area contributed by atoms with Gasteiger partial charge in [0.2, 0.25) is 5.78 Å². The standard InChI is InChI=1S/C24H29N3O7/c1-26(2)13-6-7-14(34-5)16-11(13)8-10-9-12-18(27(3)4)20(29)17(23(25)32)22(31)24(12,33)21(30)15(10)19(16)28/h6-7,10,12,18,29-30,33H,8-9H2,1-5H3,(H2,25,32). The molecule has 4 atom stereocenters. The predicted octanol–water partition coefficient (Wildman–Crippen LogP) is 0.490. The van der Waals surface area contributed by atoms with Crippen molar-refractivity contribution in [3.63, 3.8) is 0 Å². The Morgan fingerprint density at radius 2 is 1.82 bits per heavy atom. The summed E-state index contributed by atoms with van der Waals surface area (Å²) >= 11 is 0. The van der Waals surface area contributed by atoms with Gasteiger partial charge in [-0.1, -0.05) is 0 Å². The highest BCUT2D eigenvalue weighted by Crippen LogP contribution is 2.53. The fourth-order valence-electron chi connectivity index (χ4n) is 5.81. The van der Waals surface area contributed by atoms with E-state index in [0.717, 1.165) is 11.3 Å². The van der Waals surface area contributed by atoms with Crippen molar-refractivity contribution in [2.75, 3.05) is 40.2 Å². The third-order valence-corrected chi connectivity index (χ3v) is 7.27. The van der Waals surface area contributed by atoms with Gasteiger partial charge in [-0.15, -0.1) is 0 Å². The first kappa shape index (κ1) is 23.8. The maximum Gasteiger partial charge on any atom is 0.255 e. The number of methoxy groups -OCH3 is 1. The van der Waals surface area contributed by atoms with E-state index < -0.39 is 58.0 Å². The van der Waals surface area contributed by atoms with Crippen molar-refractivity contribution in [2.24, 2.45) is 17.6 Å². The van der Waals surface area contributed by atoms with Gasteiger partial charge in [-0.2, -0.15) is 0 Å². The zero-order chi connectivity index (χ0) is 25.3. The molecular weight excluding hydrogens is 442 g/mol. The molecule has 182 valence electrons. The van der Waals surface area contributed by atoms with Crippen LogP contribution in [0.4, 0.5) is 5.69 Å². The molecule has 1 aromatic carbocycles. The van der Waals surface area contributed by atoms with Gasteiger partial charge in [0, 0.05) is 31.3 Å². The van der Waals surface area contributed by atoms with Crippen molar-refractivity contribution in [3.8, 4) is 5.75 Å². The van der Waals surface area contributed by atoms with Crippen LogP contribution in [-0.2, 0) is 16.0 Å². The molecule has 10 heteroatoms. The zero-order valence-corrected chi connectivity index (χ0v) is 19.7. The van der Waals surface area contributed by atoms with Gasteiger partial charge >= 0.3 is 0 Å². The Kier molecular flexibility index (Phi) is 5.49. The SMILES string of the molecule is COc1ccc(N(C)C)c2c1C(=O)C1=C(O)C3(O)C(=O)C(C(N)=O)=C(O)C(N(C)C)C3CC1C2. The predicted molar refractivity (Wildman–Crippen MR) is 123 cm³/mol. The highest BCUT2D eigenvalue weighted by molar-refractivity contribution is 6.24. The van der Waals surface area contributed by atoms with Gasteiger partial charge < -0.3 is 30.7 Å². The number of carbonyl (C=O) groups excluding carboxylic acids is 3. The minimum Gasteiger partial charge on any atom is -0.510 e. The van der Waals surface area contributed by atoms with Crippen LogP contribution in [0.15, 0.2) is 34.8 Å². The number of amides is 1. The Balaban J connectivity index is 1.98. The first-order valence-electron chi connectivity index (χ1n) is 10.9. The summed E-state index contributed by atoms with van der Waals surface area (Å²) in [6, 6.07) is 2.52. The summed E-state index contributed by atoms with van der Waals surface area (Å²) in [6.45, 7) is 0. The van der Waals surface area contributed by atoms with Crippen LogP contribution in [0.1, 0.15) is 22.3 Å². The molecule has 0 fully saturated rings. The lowest BCUT2D eigenvalue weighted by Gasteiger charge is -2.50. The normalized spacial score (nSPS) is 28.5. The van der Waals surface area contributed by atoms with Gasteiger partial charge in [-0.3, -0.25) is 19.3 Å². The molecule has 3 aliphatic rings. The van der Waals surface area contributed by atoms with Crippen molar-refractivity contribution in [1.82, 2.24) is 4.90 Å². The monoisotopic (exact) mass is 471 g/mol. The van der Waals surface area contributed by atoms with Crippen LogP contribution in [0, 0.1) is 11.8 Å². The van der Waals surface area contributed by atoms with Crippen molar-refractivity contribution in [2.45, 2.75) is 24.5 Å². The average molecular weight is 472 g/mol. The highest BCUT2D eigenvalue weighted by atomic mass is 16.5. The number of rotatable bonds is 4. The van der Waals surface area contributed by atoms with Gasteiger partial charge in [-0.05, 0) is 50.6 Å². The molecule has 0 saturated heterocycles. The molecule has 0 spiro atoms. The van der Waals surface area contributed by atoms with Gasteiger partial charge in [0.1, 0.15) is 22.8 Å². The van der Waals surface area contributed by atoms with Crippen LogP contribution >= 0.6 is 0 Å². The Morgan fingerprint density at radius 1 is 1.18 bits per heavy atom. The molecule has 10 nitrogen and oxygen atoms in total. The molecule has 0 radical (unpaired) electrons. The number of hydrogen-bond donors (Lipinski definition) is 4. The summed E-state index contributed by atoms with van der Waals surface area (Å²) in [5.41, 5.74) is 3.71. The number of hydrogen-bond acceptors (Lipinski definition) is 9. The molecule has 4 unspecified atom stereocenters. The third kappa shape index (κ3) is 2.98. The second-order valence-electron chi connectivity index (χ2n) is 9.50. The third-order valence-electron chi connectivity index (χ3n) is 7.27. The maximum absolute atomic E-state index is 13.7. The zero-order valence-electron chi connectivity index (χ0n) is 19.7. The molecule has 5 N–H and O–H groups in total. The van der Waals surface area contributed by atoms with Crippen LogP contribution in [0.3, 0.4) is 0 Å². The van der Waals surface area contributed by atoms with E-state index in [-0.39, 0.29) is 17.6 Å². The van der Waals surface area contributed by atoms with Gasteiger partial charge in [0.25, 0.3) is 5.91 Å². The van der Waals surface area contributed by atoms with Crippen LogP contribution in [0.25, 0.3) is 0 Å². The molecule has 34 heavy (non-hydrogen) atoms. The fraction of sp³-hybridized carbons (Fsp3) is 0.458. The maximum atomic E-state index is 13.7. The number of nitrogens with zero attached hydrogens (tertiary/aromatic N) is 2. The number of Topliss-reactive ketones (excluding diaryl/α,β-unsaturated/α-hetero) is 2. The number of benzene rings is 1. The van der Waals surface area contributed by atoms with E-state index in [2.05, 4.69) is 0 Å². The molecule has 1 aromatic rings. The van der Waals surface area contributed by atoms with E-state index in [1.807, 2.05) is 25.1 Å². The number of fused-ring (bicyclic) bond motifs is 3. The Hall–Kier alpha value is -3.37. The number of allylic oxidation sites excluding steroid dienone is 1. The van der Waals surface area contributed by atoms with Gasteiger partial charge in [0.05, 0.1) is 18.7 Å². The number of aliphatic hydroxyl groups excluding tert-OH is 2. The first-order valence-corrected chi connectivity index (χ1v) is 10.9. The van der Waals surface area contributed by atoms with E-state index in [1.165, 1.54) is 7.11 Å². The molecule has 0 saturated carbocycles. The van der Waals surface area contributed by atoms with E-state index >= 15 is 0 Å². The summed E-state index contributed by atoms with van der Waals surface area (Å²) in [4.78, 5) is 42.5. The van der Waals surface area contributed by atoms with E-state index in [1.54, 1.807) is 25.1 Å². The smallest absolute Gasteiger partial charge is 0.255 e. The fourth-order valence-corrected chi connectivity index (χ4v) is 5.81. The topological polar surface area (TPSA) is 154 Å². The van der Waals surface area contributed by atoms with E-state index in [9.17, 15) is 29.7 Å². The number of carbonyl (C=O) groups is 3. The van der Waals surface area contributed by atoms with Gasteiger partial charge in [-0.25, -0.2) is 0 Å². The Morgan fingerprint density at radius 3 is 2.35 bits per heavy atom. The Bertz CT molecular complexity index is 1180. The van der Waals surface area contributed by atoms with Crippen molar-refractivity contribution < 1.29 is 34.4 Å². The number of ketones is 2. The van der Waals surface area contributed by atoms with Crippen molar-refractivity contribution >= 4 is 23.2 Å². The molecule has 1 amide bonds. The largest absolute Gasteiger partial charge is 0.510 e. The lowest BCUT2D eigenvalue weighted by Crippen LogP contribution is -2.63. The van der Waals surface area contributed by atoms with E-state index in [0.29, 0.717) is 12.2 Å². The van der Waals surface area contributed by atoms with Gasteiger partial charge in [0.15, 0.2) is 11.4 Å². The minimum atomic E-state index is -2.59. The molecule has 0 bridgehead atoms. The van der Waals surface area contributed by atoms with E-state index in [4.69, 9.17) is 10.5 Å². The number of likely N-dealkylation sites (N-methyl/N-ethyl adjacent to an activating group) is 1. The molecular formula is C24H29N3O7. The molecule has 4 rings (SSSR count). The van der Waals surface area contributed by atoms with Crippen LogP contribution in [0.5, 0.6) is 5.75 Å². The highest BCUT2D eigenvalue weighted by Gasteiger charge is 2.63. The van der Waals surface area contributed by atoms with Crippen molar-refractivity contribution in [1.29, 1.82) is 0 Å². The van der Waals surface area contributed by atoms with Crippen LogP contribution in [-0.4, -0.2) is 84.6 Å². The minimum absolute atomic E-state index is 0.0866. The summed E-state index contributed by atoms with van der Waals surface area (Å²) in [5, 5.41) is 33.7. The number of aliphatic hydroxyl groups is 3. The molecule has 0 aromatic heterocycles. The summed E-state index contributed by atoms with van der Waals surface area (Å²) < 4.78 is 5.42. The molecule has 3 aliphatic carbocycles. The average Bonchev–Trinajstić information content (AvgIpc) is 2.74. The number of nitrogens with two attached hydrogens (primary N) is 1. The summed E-state index contributed by atoms with van der Waals surface area (Å²) in [5.74, 6) is -5.57. The van der Waals surface area contributed by atoms with Crippen molar-refractivity contribution in [3.05, 3.63) is 45.9 Å². The number of ether oxygens (including phenoxy) is 1. The molecule has 0 aliphatic heterocycles. The second kappa shape index (κ2) is 7.85. The Labute approximate surface area is 196 Å². The summed E-state index contributed by atoms with van der Waals surface area (Å²) in [6.07, 6.45) is 0.453.